The van der Waals surface area contributed by atoms with Crippen LogP contribution in [0, 0.1) is 10.1 Å². The summed E-state index contributed by atoms with van der Waals surface area (Å²) in [5.41, 5.74) is 2.53. The van der Waals surface area contributed by atoms with Crippen LogP contribution in [0.4, 0.5) is 5.69 Å². The van der Waals surface area contributed by atoms with E-state index in [0.717, 1.165) is 16.5 Å². The van der Waals surface area contributed by atoms with Gasteiger partial charge in [0.1, 0.15) is 0 Å². The van der Waals surface area contributed by atoms with Gasteiger partial charge in [-0.3, -0.25) is 10.1 Å². The Morgan fingerprint density at radius 1 is 1.29 bits per heavy atom. The van der Waals surface area contributed by atoms with Gasteiger partial charge in [-0.05, 0) is 23.8 Å². The zero-order chi connectivity index (χ0) is 14.8. The molecule has 5 nitrogen and oxygen atoms in total. The van der Waals surface area contributed by atoms with E-state index in [1.807, 2.05) is 24.3 Å². The molecule has 0 atom stereocenters. The van der Waals surface area contributed by atoms with Gasteiger partial charge in [0.25, 0.3) is 5.69 Å². The fourth-order valence-corrected chi connectivity index (χ4v) is 2.98. The highest BCUT2D eigenvalue weighted by atomic mass is 35.5. The lowest BCUT2D eigenvalue weighted by atomic mass is 10.2. The summed E-state index contributed by atoms with van der Waals surface area (Å²) in [6.07, 6.45) is 0. The molecule has 0 aliphatic rings. The van der Waals surface area contributed by atoms with Gasteiger partial charge in [0.15, 0.2) is 5.16 Å². The molecule has 0 unspecified atom stereocenters. The fourth-order valence-electron chi connectivity index (χ4n) is 1.93. The van der Waals surface area contributed by atoms with E-state index in [9.17, 15) is 10.1 Å². The highest BCUT2D eigenvalue weighted by molar-refractivity contribution is 7.98. The molecule has 0 radical (unpaired) electrons. The van der Waals surface area contributed by atoms with E-state index >= 15 is 0 Å². The standard InChI is InChI=1S/C14H10ClN3O2S/c15-10-3-1-2-9(6-10)8-21-14-16-12-5-4-11(18(19)20)7-13(12)17-14/h1-7H,8H2,(H,16,17). The van der Waals surface area contributed by atoms with Crippen LogP contribution in [0.25, 0.3) is 11.0 Å². The first-order valence-electron chi connectivity index (χ1n) is 6.13. The van der Waals surface area contributed by atoms with Crippen molar-refractivity contribution >= 4 is 40.1 Å². The molecule has 1 aromatic heterocycles. The van der Waals surface area contributed by atoms with Gasteiger partial charge in [-0.2, -0.15) is 0 Å². The molecule has 3 rings (SSSR count). The van der Waals surface area contributed by atoms with Gasteiger partial charge < -0.3 is 4.98 Å². The minimum Gasteiger partial charge on any atom is -0.333 e. The van der Waals surface area contributed by atoms with Gasteiger partial charge in [0.2, 0.25) is 0 Å². The van der Waals surface area contributed by atoms with Crippen LogP contribution in [0.3, 0.4) is 0 Å². The Balaban J connectivity index is 1.80. The summed E-state index contributed by atoms with van der Waals surface area (Å²) < 4.78 is 0. The zero-order valence-corrected chi connectivity index (χ0v) is 12.3. The van der Waals surface area contributed by atoms with Crippen LogP contribution in [0.1, 0.15) is 5.56 Å². The van der Waals surface area contributed by atoms with Crippen molar-refractivity contribution in [3.8, 4) is 0 Å². The second-order valence-corrected chi connectivity index (χ2v) is 5.82. The average Bonchev–Trinajstić information content (AvgIpc) is 2.87. The molecule has 0 saturated heterocycles. The topological polar surface area (TPSA) is 71.8 Å². The molecule has 0 fully saturated rings. The SMILES string of the molecule is O=[N+]([O-])c1ccc2nc(SCc3cccc(Cl)c3)[nH]c2c1. The first kappa shape index (κ1) is 13.9. The molecule has 0 bridgehead atoms. The van der Waals surface area contributed by atoms with Gasteiger partial charge in [-0.1, -0.05) is 35.5 Å². The third-order valence-corrected chi connectivity index (χ3v) is 4.10. The second-order valence-electron chi connectivity index (χ2n) is 4.42. The Morgan fingerprint density at radius 2 is 2.14 bits per heavy atom. The van der Waals surface area contributed by atoms with Gasteiger partial charge >= 0.3 is 0 Å². The number of thioether (sulfide) groups is 1. The third-order valence-electron chi connectivity index (χ3n) is 2.92. The van der Waals surface area contributed by atoms with E-state index in [0.29, 0.717) is 16.1 Å². The van der Waals surface area contributed by atoms with Crippen molar-refractivity contribution in [2.24, 2.45) is 0 Å². The highest BCUT2D eigenvalue weighted by Crippen LogP contribution is 2.26. The molecule has 0 aliphatic carbocycles. The van der Waals surface area contributed by atoms with Gasteiger partial charge in [0.05, 0.1) is 16.0 Å². The number of imidazole rings is 1. The lowest BCUT2D eigenvalue weighted by Crippen LogP contribution is -1.86. The molecule has 0 aliphatic heterocycles. The van der Waals surface area contributed by atoms with E-state index < -0.39 is 4.92 Å². The normalized spacial score (nSPS) is 10.9. The molecule has 1 N–H and O–H groups in total. The lowest BCUT2D eigenvalue weighted by Gasteiger charge is -1.99. The number of nitrogens with zero attached hydrogens (tertiary/aromatic N) is 2. The van der Waals surface area contributed by atoms with E-state index in [1.165, 1.54) is 23.9 Å². The van der Waals surface area contributed by atoms with Crippen LogP contribution in [0.5, 0.6) is 0 Å². The lowest BCUT2D eigenvalue weighted by molar-refractivity contribution is -0.384. The number of hydrogen-bond donors (Lipinski definition) is 1. The number of aromatic nitrogens is 2. The van der Waals surface area contributed by atoms with Crippen LogP contribution in [0.2, 0.25) is 5.02 Å². The van der Waals surface area contributed by atoms with Crippen molar-refractivity contribution in [3.63, 3.8) is 0 Å². The largest absolute Gasteiger partial charge is 0.333 e. The molecule has 0 amide bonds. The van der Waals surface area contributed by atoms with Gasteiger partial charge in [0, 0.05) is 22.9 Å². The van der Waals surface area contributed by atoms with Crippen LogP contribution < -0.4 is 0 Å². The van der Waals surface area contributed by atoms with Crippen molar-refractivity contribution in [2.45, 2.75) is 10.9 Å². The smallest absolute Gasteiger partial charge is 0.271 e. The van der Waals surface area contributed by atoms with Crippen molar-refractivity contribution in [1.82, 2.24) is 9.97 Å². The van der Waals surface area contributed by atoms with Gasteiger partial charge in [-0.25, -0.2) is 4.98 Å². The van der Waals surface area contributed by atoms with Gasteiger partial charge in [-0.15, -0.1) is 0 Å². The maximum absolute atomic E-state index is 10.7. The third kappa shape index (κ3) is 3.17. The number of non-ortho nitro benzene ring substituents is 1. The minimum absolute atomic E-state index is 0.0533. The Morgan fingerprint density at radius 3 is 2.90 bits per heavy atom. The summed E-state index contributed by atoms with van der Waals surface area (Å²) in [5, 5.41) is 12.2. The minimum atomic E-state index is -0.418. The summed E-state index contributed by atoms with van der Waals surface area (Å²) in [4.78, 5) is 17.8. The summed E-state index contributed by atoms with van der Waals surface area (Å²) in [7, 11) is 0. The summed E-state index contributed by atoms with van der Waals surface area (Å²) >= 11 is 7.47. The maximum Gasteiger partial charge on any atom is 0.271 e. The molecule has 2 aromatic carbocycles. The van der Waals surface area contributed by atoms with Crippen LogP contribution in [-0.2, 0) is 5.75 Å². The zero-order valence-electron chi connectivity index (χ0n) is 10.7. The summed E-state index contributed by atoms with van der Waals surface area (Å²) in [5.74, 6) is 0.725. The Kier molecular flexibility index (Phi) is 3.81. The maximum atomic E-state index is 10.7. The molecule has 1 heterocycles. The molecular formula is C14H10ClN3O2S. The van der Waals surface area contributed by atoms with Crippen molar-refractivity contribution < 1.29 is 4.92 Å². The number of nitro groups is 1. The number of aromatic amines is 1. The predicted molar refractivity (Wildman–Crippen MR) is 83.8 cm³/mol. The van der Waals surface area contributed by atoms with E-state index in [4.69, 9.17) is 11.6 Å². The Labute approximate surface area is 129 Å². The van der Waals surface area contributed by atoms with Crippen LogP contribution >= 0.6 is 23.4 Å². The first-order chi connectivity index (χ1) is 10.1. The molecule has 106 valence electrons. The van der Waals surface area contributed by atoms with Crippen LogP contribution in [-0.4, -0.2) is 14.9 Å². The summed E-state index contributed by atoms with van der Waals surface area (Å²) in [6, 6.07) is 12.2. The molecule has 21 heavy (non-hydrogen) atoms. The second kappa shape index (κ2) is 5.75. The molecule has 0 spiro atoms. The number of H-pyrrole nitrogens is 1. The fraction of sp³-hybridized carbons (Fsp3) is 0.0714. The summed E-state index contributed by atoms with van der Waals surface area (Å²) in [6.45, 7) is 0. The number of hydrogen-bond acceptors (Lipinski definition) is 4. The number of rotatable bonds is 4. The van der Waals surface area contributed by atoms with Crippen molar-refractivity contribution in [2.75, 3.05) is 0 Å². The first-order valence-corrected chi connectivity index (χ1v) is 7.49. The van der Waals surface area contributed by atoms with E-state index in [-0.39, 0.29) is 5.69 Å². The Bertz CT molecular complexity index is 819. The van der Waals surface area contributed by atoms with Crippen molar-refractivity contribution in [1.29, 1.82) is 0 Å². The number of benzene rings is 2. The molecule has 7 heteroatoms. The quantitative estimate of drug-likeness (QED) is 0.439. The number of fused-ring (bicyclic) bond motifs is 1. The number of nitrogens with one attached hydrogen (secondary N) is 1. The molecular weight excluding hydrogens is 310 g/mol. The van der Waals surface area contributed by atoms with E-state index in [1.54, 1.807) is 6.07 Å². The molecule has 3 aromatic rings. The molecule has 0 saturated carbocycles. The monoisotopic (exact) mass is 319 g/mol. The number of nitro benzene ring substituents is 1. The highest BCUT2D eigenvalue weighted by Gasteiger charge is 2.10. The van der Waals surface area contributed by atoms with E-state index in [2.05, 4.69) is 9.97 Å². The van der Waals surface area contributed by atoms with Crippen molar-refractivity contribution in [3.05, 3.63) is 63.2 Å². The predicted octanol–water partition coefficient (Wildman–Crippen LogP) is 4.42. The van der Waals surface area contributed by atoms with Crippen LogP contribution in [0.15, 0.2) is 47.6 Å². The average molecular weight is 320 g/mol. The number of halogens is 1. The Hall–Kier alpha value is -2.05.